The van der Waals surface area contributed by atoms with Gasteiger partial charge in [-0.05, 0) is 69.5 Å². The Bertz CT molecular complexity index is 1270. The van der Waals surface area contributed by atoms with Crippen LogP contribution in [-0.2, 0) is 29.1 Å². The highest BCUT2D eigenvalue weighted by molar-refractivity contribution is 5.69. The van der Waals surface area contributed by atoms with E-state index in [-0.39, 0.29) is 5.97 Å². The summed E-state index contributed by atoms with van der Waals surface area (Å²) < 4.78 is 18.8. The van der Waals surface area contributed by atoms with E-state index in [0.717, 1.165) is 45.3 Å². The molecule has 0 fully saturated rings. The van der Waals surface area contributed by atoms with E-state index in [1.54, 1.807) is 0 Å². The predicted octanol–water partition coefficient (Wildman–Crippen LogP) is 5.59. The fraction of sp³-hybridized carbons (Fsp3) is 0.321. The largest absolute Gasteiger partial charge is 0.487 e. The van der Waals surface area contributed by atoms with Gasteiger partial charge < -0.3 is 13.9 Å². The Labute approximate surface area is 205 Å². The monoisotopic (exact) mass is 473 g/mol. The fourth-order valence-electron chi connectivity index (χ4n) is 3.99. The Morgan fingerprint density at radius 3 is 2.49 bits per heavy atom. The summed E-state index contributed by atoms with van der Waals surface area (Å²) in [5.41, 5.74) is 5.97. The first-order valence-electron chi connectivity index (χ1n) is 11.9. The highest BCUT2D eigenvalue weighted by atomic mass is 16.5. The number of oxazole rings is 1. The van der Waals surface area contributed by atoms with Crippen LogP contribution in [0.3, 0.4) is 0 Å². The molecule has 4 aromatic rings. The molecule has 4 rings (SSSR count). The maximum Gasteiger partial charge on any atom is 0.306 e. The van der Waals surface area contributed by atoms with Crippen LogP contribution in [0, 0.1) is 20.8 Å². The lowest BCUT2D eigenvalue weighted by molar-refractivity contribution is -0.143. The number of esters is 1. The Morgan fingerprint density at radius 2 is 1.77 bits per heavy atom. The van der Waals surface area contributed by atoms with Crippen LogP contribution < -0.4 is 4.74 Å². The van der Waals surface area contributed by atoms with Crippen molar-refractivity contribution in [2.24, 2.45) is 0 Å². The topological polar surface area (TPSA) is 79.4 Å². The molecule has 0 amide bonds. The number of aromatic nitrogens is 3. The minimum atomic E-state index is -0.174. The summed E-state index contributed by atoms with van der Waals surface area (Å²) >= 11 is 0. The number of nitrogens with zero attached hydrogens (tertiary/aromatic N) is 3. The lowest BCUT2D eigenvalue weighted by Crippen LogP contribution is -2.07. The average molecular weight is 474 g/mol. The van der Waals surface area contributed by atoms with E-state index in [4.69, 9.17) is 13.9 Å². The van der Waals surface area contributed by atoms with Crippen LogP contribution in [0.1, 0.15) is 47.3 Å². The Kier molecular flexibility index (Phi) is 7.65. The van der Waals surface area contributed by atoms with E-state index in [1.807, 2.05) is 87.0 Å². The zero-order chi connectivity index (χ0) is 24.8. The van der Waals surface area contributed by atoms with Crippen LogP contribution in [0.25, 0.3) is 11.5 Å². The van der Waals surface area contributed by atoms with E-state index in [9.17, 15) is 4.79 Å². The van der Waals surface area contributed by atoms with E-state index in [2.05, 4.69) is 10.1 Å². The van der Waals surface area contributed by atoms with Crippen LogP contribution in [0.2, 0.25) is 0 Å². The van der Waals surface area contributed by atoms with Gasteiger partial charge in [-0.25, -0.2) is 4.98 Å². The Hall–Kier alpha value is -3.87. The van der Waals surface area contributed by atoms with Crippen LogP contribution >= 0.6 is 0 Å². The van der Waals surface area contributed by atoms with E-state index in [1.165, 1.54) is 0 Å². The van der Waals surface area contributed by atoms with Gasteiger partial charge in [0.1, 0.15) is 23.8 Å². The van der Waals surface area contributed by atoms with Gasteiger partial charge in [-0.1, -0.05) is 30.3 Å². The molecule has 2 aromatic carbocycles. The quantitative estimate of drug-likeness (QED) is 0.280. The lowest BCUT2D eigenvalue weighted by atomic mass is 10.1. The minimum Gasteiger partial charge on any atom is -0.487 e. The van der Waals surface area contributed by atoms with Crippen molar-refractivity contribution in [3.8, 4) is 17.2 Å². The van der Waals surface area contributed by atoms with E-state index in [0.29, 0.717) is 38.5 Å². The standard InChI is InChI=1S/C28H31N3O4/c1-5-33-27(32)16-15-25-19(2)30-31(20(25)3)17-22-11-13-24(14-12-22)34-18-26-21(4)35-28(29-26)23-9-7-6-8-10-23/h6-14H,5,15-18H2,1-4H3. The summed E-state index contributed by atoms with van der Waals surface area (Å²) in [5.74, 6) is 1.94. The molecular weight excluding hydrogens is 442 g/mol. The molecule has 0 aliphatic rings. The van der Waals surface area contributed by atoms with Gasteiger partial charge in [0, 0.05) is 17.7 Å². The minimum absolute atomic E-state index is 0.174. The molecule has 0 atom stereocenters. The van der Waals surface area contributed by atoms with Gasteiger partial charge in [0.25, 0.3) is 0 Å². The van der Waals surface area contributed by atoms with Crippen LogP contribution in [0.4, 0.5) is 0 Å². The normalized spacial score (nSPS) is 11.0. The molecule has 0 bridgehead atoms. The molecule has 0 unspecified atom stereocenters. The van der Waals surface area contributed by atoms with Gasteiger partial charge in [-0.2, -0.15) is 5.10 Å². The van der Waals surface area contributed by atoms with Crippen LogP contribution in [-0.4, -0.2) is 27.3 Å². The van der Waals surface area contributed by atoms with Gasteiger partial charge in [0.2, 0.25) is 5.89 Å². The van der Waals surface area contributed by atoms with Crippen molar-refractivity contribution in [3.05, 3.63) is 88.6 Å². The maximum absolute atomic E-state index is 11.7. The smallest absolute Gasteiger partial charge is 0.306 e. The third-order valence-electron chi connectivity index (χ3n) is 5.96. The SMILES string of the molecule is CCOC(=O)CCc1c(C)nn(Cc2ccc(OCc3nc(-c4ccccc4)oc3C)cc2)c1C. The third-order valence-corrected chi connectivity index (χ3v) is 5.96. The summed E-state index contributed by atoms with van der Waals surface area (Å²) in [6.07, 6.45) is 1.00. The fourth-order valence-corrected chi connectivity index (χ4v) is 3.99. The molecule has 2 heterocycles. The summed E-state index contributed by atoms with van der Waals surface area (Å²) in [7, 11) is 0. The van der Waals surface area contributed by atoms with Crippen molar-refractivity contribution in [2.45, 2.75) is 53.7 Å². The summed E-state index contributed by atoms with van der Waals surface area (Å²) in [4.78, 5) is 16.3. The lowest BCUT2D eigenvalue weighted by Gasteiger charge is -2.08. The molecule has 7 heteroatoms. The summed E-state index contributed by atoms with van der Waals surface area (Å²) in [5, 5.41) is 4.68. The molecule has 35 heavy (non-hydrogen) atoms. The first kappa shape index (κ1) is 24.3. The van der Waals surface area contributed by atoms with Crippen molar-refractivity contribution in [2.75, 3.05) is 6.61 Å². The van der Waals surface area contributed by atoms with Crippen molar-refractivity contribution in [1.29, 1.82) is 0 Å². The number of hydrogen-bond acceptors (Lipinski definition) is 6. The summed E-state index contributed by atoms with van der Waals surface area (Å²) in [6, 6.07) is 17.8. The molecule has 7 nitrogen and oxygen atoms in total. The number of benzene rings is 2. The predicted molar refractivity (Wildman–Crippen MR) is 133 cm³/mol. The Balaban J connectivity index is 1.36. The van der Waals surface area contributed by atoms with Gasteiger partial charge in [0.15, 0.2) is 0 Å². The van der Waals surface area contributed by atoms with E-state index < -0.39 is 0 Å². The molecule has 2 aromatic heterocycles. The molecule has 0 spiro atoms. The molecule has 0 saturated carbocycles. The number of aryl methyl sites for hydroxylation is 2. The van der Waals surface area contributed by atoms with Gasteiger partial charge >= 0.3 is 5.97 Å². The zero-order valence-corrected chi connectivity index (χ0v) is 20.7. The Morgan fingerprint density at radius 1 is 1.03 bits per heavy atom. The number of carbonyl (C=O) groups excluding carboxylic acids is 1. The summed E-state index contributed by atoms with van der Waals surface area (Å²) in [6.45, 7) is 9.13. The van der Waals surface area contributed by atoms with Gasteiger partial charge in [-0.15, -0.1) is 0 Å². The zero-order valence-electron chi connectivity index (χ0n) is 20.7. The van der Waals surface area contributed by atoms with Crippen molar-refractivity contribution in [1.82, 2.24) is 14.8 Å². The van der Waals surface area contributed by atoms with Crippen LogP contribution in [0.5, 0.6) is 5.75 Å². The maximum atomic E-state index is 11.7. The first-order chi connectivity index (χ1) is 16.9. The molecule has 0 aliphatic heterocycles. The number of rotatable bonds is 10. The molecule has 0 radical (unpaired) electrons. The molecular formula is C28H31N3O4. The second-order valence-corrected chi connectivity index (χ2v) is 8.43. The van der Waals surface area contributed by atoms with Gasteiger partial charge in [0.05, 0.1) is 18.8 Å². The van der Waals surface area contributed by atoms with Gasteiger partial charge in [-0.3, -0.25) is 9.48 Å². The van der Waals surface area contributed by atoms with Crippen molar-refractivity contribution < 1.29 is 18.7 Å². The molecule has 0 saturated heterocycles. The third kappa shape index (κ3) is 5.98. The number of carbonyl (C=O) groups is 1. The van der Waals surface area contributed by atoms with E-state index >= 15 is 0 Å². The van der Waals surface area contributed by atoms with Crippen LogP contribution in [0.15, 0.2) is 59.0 Å². The number of hydrogen-bond donors (Lipinski definition) is 0. The molecule has 0 aliphatic carbocycles. The molecule has 182 valence electrons. The first-order valence-corrected chi connectivity index (χ1v) is 11.9. The molecule has 0 N–H and O–H groups in total. The van der Waals surface area contributed by atoms with Crippen molar-refractivity contribution in [3.63, 3.8) is 0 Å². The second kappa shape index (κ2) is 11.0. The van der Waals surface area contributed by atoms with Crippen molar-refractivity contribution >= 4 is 5.97 Å². The average Bonchev–Trinajstić information content (AvgIpc) is 3.36. The second-order valence-electron chi connectivity index (χ2n) is 8.43. The highest BCUT2D eigenvalue weighted by Crippen LogP contribution is 2.23. The number of ether oxygens (including phenoxy) is 2. The highest BCUT2D eigenvalue weighted by Gasteiger charge is 2.15.